The van der Waals surface area contributed by atoms with Crippen LogP contribution in [0.25, 0.3) is 0 Å². The van der Waals surface area contributed by atoms with Crippen LogP contribution in [0.1, 0.15) is 46.9 Å². The van der Waals surface area contributed by atoms with Gasteiger partial charge in [0, 0.05) is 5.56 Å². The Bertz CT molecular complexity index is 1000. The van der Waals surface area contributed by atoms with E-state index in [1.165, 1.54) is 11.0 Å². The summed E-state index contributed by atoms with van der Waals surface area (Å²) in [6.07, 6.45) is 2.38. The van der Waals surface area contributed by atoms with Gasteiger partial charge in [-0.3, -0.25) is 19.3 Å². The molecule has 0 N–H and O–H groups in total. The highest BCUT2D eigenvalue weighted by atomic mass is 16.5. The minimum absolute atomic E-state index is 0.192. The summed E-state index contributed by atoms with van der Waals surface area (Å²) in [6.45, 7) is 1.72. The molecule has 30 heavy (non-hydrogen) atoms. The van der Waals surface area contributed by atoms with Crippen molar-refractivity contribution in [3.05, 3.63) is 65.7 Å². The van der Waals surface area contributed by atoms with Gasteiger partial charge in [-0.25, -0.2) is 4.79 Å². The molecule has 1 saturated carbocycles. The average molecular weight is 405 g/mol. The quantitative estimate of drug-likeness (QED) is 0.431. The van der Waals surface area contributed by atoms with Crippen LogP contribution in [0.4, 0.5) is 5.69 Å². The van der Waals surface area contributed by atoms with Crippen LogP contribution in [0, 0.1) is 17.8 Å². The van der Waals surface area contributed by atoms with E-state index in [1.54, 1.807) is 48.5 Å². The number of carbonyl (C=O) groups is 4. The normalized spacial score (nSPS) is 23.2. The standard InChI is InChI=1S/C24H23NO5/c1-15-10-11-19-20(12-15)23(28)25(22(19)27)18-9-5-8-17(13-18)24(29)30-14-21(26)16-6-3-2-4-7-16/h2-9,13,15,19-20H,10-12,14H2,1H3. The summed E-state index contributed by atoms with van der Waals surface area (Å²) in [4.78, 5) is 51.5. The number of hydrogen-bond acceptors (Lipinski definition) is 5. The van der Waals surface area contributed by atoms with Crippen LogP contribution in [0.3, 0.4) is 0 Å². The Labute approximate surface area is 174 Å². The van der Waals surface area contributed by atoms with Crippen molar-refractivity contribution >= 4 is 29.3 Å². The van der Waals surface area contributed by atoms with Crippen molar-refractivity contribution in [2.45, 2.75) is 26.2 Å². The molecular formula is C24H23NO5. The molecule has 4 rings (SSSR count). The van der Waals surface area contributed by atoms with Crippen LogP contribution < -0.4 is 4.90 Å². The van der Waals surface area contributed by atoms with E-state index >= 15 is 0 Å². The zero-order chi connectivity index (χ0) is 21.3. The Morgan fingerprint density at radius 1 is 0.933 bits per heavy atom. The number of esters is 1. The predicted octanol–water partition coefficient (Wildman–Crippen LogP) is 3.65. The first-order valence-electron chi connectivity index (χ1n) is 10.2. The molecule has 6 nitrogen and oxygen atoms in total. The Morgan fingerprint density at radius 2 is 1.63 bits per heavy atom. The Balaban J connectivity index is 1.47. The molecule has 1 aliphatic carbocycles. The van der Waals surface area contributed by atoms with Crippen LogP contribution in [-0.4, -0.2) is 30.2 Å². The van der Waals surface area contributed by atoms with Gasteiger partial charge >= 0.3 is 5.97 Å². The molecule has 0 bridgehead atoms. The van der Waals surface area contributed by atoms with Crippen LogP contribution in [0.2, 0.25) is 0 Å². The fourth-order valence-corrected chi connectivity index (χ4v) is 4.34. The Kier molecular flexibility index (Phi) is 5.48. The lowest BCUT2D eigenvalue weighted by atomic mass is 9.76. The minimum Gasteiger partial charge on any atom is -0.454 e. The number of amides is 2. The van der Waals surface area contributed by atoms with Gasteiger partial charge in [0.2, 0.25) is 11.8 Å². The summed E-state index contributed by atoms with van der Waals surface area (Å²) >= 11 is 0. The van der Waals surface area contributed by atoms with E-state index in [-0.39, 0.29) is 41.6 Å². The second-order valence-electron chi connectivity index (χ2n) is 8.06. The molecule has 0 aromatic heterocycles. The Hall–Kier alpha value is -3.28. The van der Waals surface area contributed by atoms with E-state index in [9.17, 15) is 19.2 Å². The van der Waals surface area contributed by atoms with E-state index in [2.05, 4.69) is 6.92 Å². The molecule has 3 atom stereocenters. The van der Waals surface area contributed by atoms with Gasteiger partial charge in [-0.05, 0) is 43.4 Å². The van der Waals surface area contributed by atoms with Gasteiger partial charge < -0.3 is 4.74 Å². The van der Waals surface area contributed by atoms with Crippen molar-refractivity contribution in [1.82, 2.24) is 0 Å². The highest BCUT2D eigenvalue weighted by Crippen LogP contribution is 2.42. The van der Waals surface area contributed by atoms with Gasteiger partial charge in [0.05, 0.1) is 23.1 Å². The molecule has 0 radical (unpaired) electrons. The van der Waals surface area contributed by atoms with E-state index in [4.69, 9.17) is 4.74 Å². The summed E-state index contributed by atoms with van der Waals surface area (Å²) < 4.78 is 5.15. The van der Waals surface area contributed by atoms with E-state index in [0.29, 0.717) is 17.2 Å². The number of anilines is 1. The number of benzene rings is 2. The fourth-order valence-electron chi connectivity index (χ4n) is 4.34. The summed E-state index contributed by atoms with van der Waals surface area (Å²) in [5.74, 6) is -1.49. The number of nitrogens with zero attached hydrogens (tertiary/aromatic N) is 1. The lowest BCUT2D eigenvalue weighted by Gasteiger charge is -2.25. The number of hydrogen-bond donors (Lipinski definition) is 0. The van der Waals surface area contributed by atoms with Gasteiger partial charge in [-0.2, -0.15) is 0 Å². The van der Waals surface area contributed by atoms with E-state index in [1.807, 2.05) is 0 Å². The molecule has 2 aromatic carbocycles. The van der Waals surface area contributed by atoms with Crippen LogP contribution in [-0.2, 0) is 14.3 Å². The smallest absolute Gasteiger partial charge is 0.338 e. The SMILES string of the molecule is CC1CCC2C(=O)N(c3cccc(C(=O)OCC(=O)c4ccccc4)c3)C(=O)C2C1. The first kappa shape index (κ1) is 20.0. The summed E-state index contributed by atoms with van der Waals surface area (Å²) in [7, 11) is 0. The first-order valence-corrected chi connectivity index (χ1v) is 10.2. The second kappa shape index (κ2) is 8.22. The number of Topliss-reactive ketones (excluding diaryl/α,β-unsaturated/α-hetero) is 1. The Morgan fingerprint density at radius 3 is 2.40 bits per heavy atom. The van der Waals surface area contributed by atoms with Crippen molar-refractivity contribution in [2.75, 3.05) is 11.5 Å². The number of ether oxygens (including phenoxy) is 1. The third-order valence-corrected chi connectivity index (χ3v) is 5.96. The highest BCUT2D eigenvalue weighted by Gasteiger charge is 2.50. The number of fused-ring (bicyclic) bond motifs is 1. The molecule has 2 fully saturated rings. The van der Waals surface area contributed by atoms with Gasteiger partial charge in [-0.15, -0.1) is 0 Å². The first-order chi connectivity index (χ1) is 14.5. The van der Waals surface area contributed by atoms with Crippen LogP contribution in [0.5, 0.6) is 0 Å². The monoisotopic (exact) mass is 405 g/mol. The zero-order valence-electron chi connectivity index (χ0n) is 16.7. The van der Waals surface area contributed by atoms with Gasteiger partial charge in [0.25, 0.3) is 0 Å². The maximum absolute atomic E-state index is 12.9. The number of imide groups is 1. The minimum atomic E-state index is -0.675. The number of carbonyl (C=O) groups excluding carboxylic acids is 4. The van der Waals surface area contributed by atoms with Crippen LogP contribution in [0.15, 0.2) is 54.6 Å². The summed E-state index contributed by atoms with van der Waals surface area (Å²) in [6, 6.07) is 14.8. The molecule has 154 valence electrons. The van der Waals surface area contributed by atoms with Gasteiger partial charge in [0.1, 0.15) is 0 Å². The molecule has 6 heteroatoms. The topological polar surface area (TPSA) is 80.8 Å². The molecular weight excluding hydrogens is 382 g/mol. The van der Waals surface area contributed by atoms with Crippen molar-refractivity contribution < 1.29 is 23.9 Å². The fraction of sp³-hybridized carbons (Fsp3) is 0.333. The van der Waals surface area contributed by atoms with Crippen molar-refractivity contribution in [1.29, 1.82) is 0 Å². The lowest BCUT2D eigenvalue weighted by molar-refractivity contribution is -0.122. The molecule has 3 unspecified atom stereocenters. The molecule has 2 aromatic rings. The number of ketones is 1. The van der Waals surface area contributed by atoms with Crippen molar-refractivity contribution in [2.24, 2.45) is 17.8 Å². The van der Waals surface area contributed by atoms with Crippen LogP contribution >= 0.6 is 0 Å². The molecule has 2 aliphatic rings. The average Bonchev–Trinajstić information content (AvgIpc) is 3.01. The van der Waals surface area contributed by atoms with E-state index in [0.717, 1.165) is 19.3 Å². The van der Waals surface area contributed by atoms with Gasteiger partial charge in [0.15, 0.2) is 12.4 Å². The molecule has 1 saturated heterocycles. The van der Waals surface area contributed by atoms with Crippen molar-refractivity contribution in [3.63, 3.8) is 0 Å². The third kappa shape index (κ3) is 3.77. The largest absolute Gasteiger partial charge is 0.454 e. The number of rotatable bonds is 5. The predicted molar refractivity (Wildman–Crippen MR) is 110 cm³/mol. The zero-order valence-corrected chi connectivity index (χ0v) is 16.7. The maximum atomic E-state index is 12.9. The summed E-state index contributed by atoms with van der Waals surface area (Å²) in [5.41, 5.74) is 1.03. The van der Waals surface area contributed by atoms with Crippen molar-refractivity contribution in [3.8, 4) is 0 Å². The molecule has 2 amide bonds. The van der Waals surface area contributed by atoms with E-state index < -0.39 is 5.97 Å². The summed E-state index contributed by atoms with van der Waals surface area (Å²) in [5, 5.41) is 0. The molecule has 1 aliphatic heterocycles. The highest BCUT2D eigenvalue weighted by molar-refractivity contribution is 6.22. The third-order valence-electron chi connectivity index (χ3n) is 5.96. The second-order valence-corrected chi connectivity index (χ2v) is 8.06. The maximum Gasteiger partial charge on any atom is 0.338 e. The molecule has 0 spiro atoms. The molecule has 1 heterocycles. The van der Waals surface area contributed by atoms with Gasteiger partial charge in [-0.1, -0.05) is 43.3 Å². The lowest BCUT2D eigenvalue weighted by Crippen LogP contribution is -2.31.